The molecular formula is C14H19ClN2O5. The highest BCUT2D eigenvalue weighted by Gasteiger charge is 2.19. The number of rotatable bonds is 6. The lowest BCUT2D eigenvalue weighted by molar-refractivity contribution is -0.141. The van der Waals surface area contributed by atoms with E-state index in [9.17, 15) is 9.59 Å². The van der Waals surface area contributed by atoms with Crippen LogP contribution >= 0.6 is 11.6 Å². The molecule has 2 amide bonds. The number of nitrogens with one attached hydrogen (secondary N) is 1. The van der Waals surface area contributed by atoms with Gasteiger partial charge in [-0.3, -0.25) is 4.79 Å². The van der Waals surface area contributed by atoms with Crippen LogP contribution in [-0.4, -0.2) is 49.8 Å². The fourth-order valence-corrected chi connectivity index (χ4v) is 1.97. The number of carbonyl (C=O) groups is 2. The summed E-state index contributed by atoms with van der Waals surface area (Å²) in [6.07, 6.45) is 0. The predicted molar refractivity (Wildman–Crippen MR) is 83.0 cm³/mol. The van der Waals surface area contributed by atoms with Gasteiger partial charge in [-0.15, -0.1) is 0 Å². The Morgan fingerprint density at radius 2 is 1.91 bits per heavy atom. The molecule has 0 spiro atoms. The third-order valence-corrected chi connectivity index (χ3v) is 3.33. The molecule has 1 rings (SSSR count). The number of carbonyl (C=O) groups excluding carboxylic acids is 1. The van der Waals surface area contributed by atoms with E-state index < -0.39 is 17.9 Å². The number of hydrogen-bond acceptors (Lipinski definition) is 4. The number of anilines is 1. The van der Waals surface area contributed by atoms with Crippen molar-refractivity contribution >= 4 is 29.3 Å². The van der Waals surface area contributed by atoms with Crippen LogP contribution in [0.5, 0.6) is 11.5 Å². The first-order valence-electron chi connectivity index (χ1n) is 6.46. The third kappa shape index (κ3) is 4.42. The average molecular weight is 331 g/mol. The molecule has 0 saturated heterocycles. The number of nitrogens with zero attached hydrogens (tertiary/aromatic N) is 1. The molecule has 0 fully saturated rings. The number of halogens is 1. The molecule has 122 valence electrons. The maximum absolute atomic E-state index is 12.1. The van der Waals surface area contributed by atoms with E-state index in [-0.39, 0.29) is 6.54 Å². The minimum atomic E-state index is -0.967. The average Bonchev–Trinajstić information content (AvgIpc) is 2.47. The van der Waals surface area contributed by atoms with Gasteiger partial charge in [0, 0.05) is 25.7 Å². The Hall–Kier alpha value is -2.15. The van der Waals surface area contributed by atoms with E-state index in [1.54, 1.807) is 0 Å². The SMILES string of the molecule is COc1cc(NC(=O)N(C)CC(C)C(=O)O)c(OC)cc1Cl. The largest absolute Gasteiger partial charge is 0.495 e. The minimum Gasteiger partial charge on any atom is -0.495 e. The topological polar surface area (TPSA) is 88.1 Å². The first-order chi connectivity index (χ1) is 10.3. The molecule has 2 N–H and O–H groups in total. The summed E-state index contributed by atoms with van der Waals surface area (Å²) < 4.78 is 10.3. The summed E-state index contributed by atoms with van der Waals surface area (Å²) in [4.78, 5) is 24.2. The first kappa shape index (κ1) is 17.9. The number of hydrogen-bond donors (Lipinski definition) is 2. The van der Waals surface area contributed by atoms with Crippen LogP contribution in [0, 0.1) is 5.92 Å². The predicted octanol–water partition coefficient (Wildman–Crippen LogP) is 2.54. The highest BCUT2D eigenvalue weighted by molar-refractivity contribution is 6.32. The molecule has 0 aliphatic rings. The highest BCUT2D eigenvalue weighted by Crippen LogP contribution is 2.35. The van der Waals surface area contributed by atoms with Crippen molar-refractivity contribution in [1.82, 2.24) is 4.90 Å². The van der Waals surface area contributed by atoms with Crippen molar-refractivity contribution in [3.8, 4) is 11.5 Å². The van der Waals surface area contributed by atoms with Gasteiger partial charge in [-0.05, 0) is 0 Å². The number of carboxylic acid groups (broad SMARTS) is 1. The standard InChI is InChI=1S/C14H19ClN2O5/c1-8(13(18)19)7-17(2)14(20)16-10-6-11(21-3)9(15)5-12(10)22-4/h5-6,8H,7H2,1-4H3,(H,16,20)(H,18,19). The van der Waals surface area contributed by atoms with Crippen molar-refractivity contribution in [2.75, 3.05) is 33.1 Å². The Bertz CT molecular complexity index is 564. The second-order valence-corrected chi connectivity index (χ2v) is 5.14. The minimum absolute atomic E-state index is 0.0776. The number of aliphatic carboxylic acids is 1. The summed E-state index contributed by atoms with van der Waals surface area (Å²) in [6, 6.07) is 2.60. The number of carboxylic acids is 1. The van der Waals surface area contributed by atoms with Crippen molar-refractivity contribution in [1.29, 1.82) is 0 Å². The van der Waals surface area contributed by atoms with Crippen LogP contribution in [0.1, 0.15) is 6.92 Å². The molecule has 1 atom stereocenters. The molecule has 1 unspecified atom stereocenters. The van der Waals surface area contributed by atoms with Crippen molar-refractivity contribution in [3.05, 3.63) is 17.2 Å². The molecule has 0 saturated carbocycles. The van der Waals surface area contributed by atoms with E-state index in [0.29, 0.717) is 22.2 Å². The van der Waals surface area contributed by atoms with E-state index >= 15 is 0 Å². The van der Waals surface area contributed by atoms with Crippen LogP contribution in [-0.2, 0) is 4.79 Å². The molecule has 0 heterocycles. The smallest absolute Gasteiger partial charge is 0.321 e. The zero-order valence-corrected chi connectivity index (χ0v) is 13.6. The van der Waals surface area contributed by atoms with Gasteiger partial charge in [0.15, 0.2) is 0 Å². The molecule has 0 aliphatic carbocycles. The molecule has 0 radical (unpaired) electrons. The van der Waals surface area contributed by atoms with Gasteiger partial charge < -0.3 is 24.8 Å². The summed E-state index contributed by atoms with van der Waals surface area (Å²) in [6.45, 7) is 1.60. The van der Waals surface area contributed by atoms with Crippen LogP contribution in [0.4, 0.5) is 10.5 Å². The van der Waals surface area contributed by atoms with Gasteiger partial charge in [0.2, 0.25) is 0 Å². The second kappa shape index (κ2) is 7.74. The summed E-state index contributed by atoms with van der Waals surface area (Å²) in [5.41, 5.74) is 0.378. The Morgan fingerprint density at radius 1 is 1.32 bits per heavy atom. The fraction of sp³-hybridized carbons (Fsp3) is 0.429. The lowest BCUT2D eigenvalue weighted by Gasteiger charge is -2.21. The van der Waals surface area contributed by atoms with E-state index in [1.807, 2.05) is 0 Å². The van der Waals surface area contributed by atoms with Crippen molar-refractivity contribution in [3.63, 3.8) is 0 Å². The van der Waals surface area contributed by atoms with Crippen LogP contribution in [0.15, 0.2) is 12.1 Å². The lowest BCUT2D eigenvalue weighted by atomic mass is 10.2. The van der Waals surface area contributed by atoms with E-state index in [1.165, 1.54) is 45.2 Å². The fourth-order valence-electron chi connectivity index (χ4n) is 1.74. The molecule has 0 bridgehead atoms. The molecular weight excluding hydrogens is 312 g/mol. The van der Waals surface area contributed by atoms with Crippen LogP contribution in [0.2, 0.25) is 5.02 Å². The quantitative estimate of drug-likeness (QED) is 0.836. The molecule has 7 nitrogen and oxygen atoms in total. The van der Waals surface area contributed by atoms with Gasteiger partial charge in [-0.1, -0.05) is 18.5 Å². The van der Waals surface area contributed by atoms with Gasteiger partial charge in [0.25, 0.3) is 0 Å². The van der Waals surface area contributed by atoms with Gasteiger partial charge in [0.1, 0.15) is 11.5 Å². The Balaban J connectivity index is 2.89. The number of ether oxygens (including phenoxy) is 2. The zero-order valence-electron chi connectivity index (χ0n) is 12.8. The maximum Gasteiger partial charge on any atom is 0.321 e. The zero-order chi connectivity index (χ0) is 16.9. The molecule has 22 heavy (non-hydrogen) atoms. The Morgan fingerprint density at radius 3 is 2.41 bits per heavy atom. The first-order valence-corrected chi connectivity index (χ1v) is 6.84. The van der Waals surface area contributed by atoms with Crippen LogP contribution in [0.25, 0.3) is 0 Å². The van der Waals surface area contributed by atoms with Gasteiger partial charge in [-0.25, -0.2) is 4.79 Å². The summed E-state index contributed by atoms with van der Waals surface area (Å²) in [5.74, 6) is -0.874. The van der Waals surface area contributed by atoms with Gasteiger partial charge >= 0.3 is 12.0 Å². The summed E-state index contributed by atoms with van der Waals surface area (Å²) in [5, 5.41) is 11.9. The van der Waals surface area contributed by atoms with E-state index in [4.69, 9.17) is 26.2 Å². The van der Waals surface area contributed by atoms with Gasteiger partial charge in [-0.2, -0.15) is 0 Å². The summed E-state index contributed by atoms with van der Waals surface area (Å²) in [7, 11) is 4.42. The number of amides is 2. The van der Waals surface area contributed by atoms with Crippen LogP contribution in [0.3, 0.4) is 0 Å². The second-order valence-electron chi connectivity index (χ2n) is 4.74. The van der Waals surface area contributed by atoms with Crippen LogP contribution < -0.4 is 14.8 Å². The van der Waals surface area contributed by atoms with Gasteiger partial charge in [0.05, 0.1) is 30.8 Å². The van der Waals surface area contributed by atoms with Crippen molar-refractivity contribution in [2.24, 2.45) is 5.92 Å². The highest BCUT2D eigenvalue weighted by atomic mass is 35.5. The monoisotopic (exact) mass is 330 g/mol. The lowest BCUT2D eigenvalue weighted by Crippen LogP contribution is -2.36. The number of benzene rings is 1. The van der Waals surface area contributed by atoms with Crippen molar-refractivity contribution in [2.45, 2.75) is 6.92 Å². The van der Waals surface area contributed by atoms with E-state index in [0.717, 1.165) is 0 Å². The number of methoxy groups -OCH3 is 2. The Kier molecular flexibility index (Phi) is 6.30. The molecule has 0 aromatic heterocycles. The molecule has 1 aromatic carbocycles. The molecule has 1 aromatic rings. The molecule has 8 heteroatoms. The Labute approximate surface area is 133 Å². The van der Waals surface area contributed by atoms with E-state index in [2.05, 4.69) is 5.32 Å². The number of urea groups is 1. The molecule has 0 aliphatic heterocycles. The third-order valence-electron chi connectivity index (χ3n) is 3.03. The summed E-state index contributed by atoms with van der Waals surface area (Å²) >= 11 is 5.99. The maximum atomic E-state index is 12.1. The normalized spacial score (nSPS) is 11.5. The van der Waals surface area contributed by atoms with Crippen molar-refractivity contribution < 1.29 is 24.2 Å².